The maximum absolute atomic E-state index is 5.66. The second-order valence-electron chi connectivity index (χ2n) is 3.84. The van der Waals surface area contributed by atoms with Crippen molar-refractivity contribution in [2.24, 2.45) is 15.9 Å². The molecule has 1 heterocycles. The zero-order chi connectivity index (χ0) is 15.2. The summed E-state index contributed by atoms with van der Waals surface area (Å²) in [5, 5.41) is 14.5. The molecule has 0 radical (unpaired) electrons. The minimum atomic E-state index is -0.00233. The number of methoxy groups -OCH3 is 2. The molecule has 0 amide bonds. The fraction of sp³-hybridized carbons (Fsp3) is 0.167. The lowest BCUT2D eigenvalue weighted by atomic mass is 10.2. The maximum atomic E-state index is 5.66. The first-order valence-corrected chi connectivity index (χ1v) is 5.82. The molecule has 0 bridgehead atoms. The normalized spacial score (nSPS) is 11.8. The van der Waals surface area contributed by atoms with E-state index in [4.69, 9.17) is 20.9 Å². The first-order valence-electron chi connectivity index (χ1n) is 5.82. The van der Waals surface area contributed by atoms with Crippen molar-refractivity contribution in [3.63, 3.8) is 0 Å². The van der Waals surface area contributed by atoms with Crippen molar-refractivity contribution in [2.75, 3.05) is 20.0 Å². The molecule has 0 atom stereocenters. The molecule has 0 fully saturated rings. The molecule has 0 saturated heterocycles. The summed E-state index contributed by atoms with van der Waals surface area (Å²) in [6, 6.07) is 5.28. The Hall–Kier alpha value is -3.10. The molecule has 0 aliphatic rings. The summed E-state index contributed by atoms with van der Waals surface area (Å²) in [5.74, 6) is 1.31. The van der Waals surface area contributed by atoms with Gasteiger partial charge in [0.25, 0.3) is 0 Å². The molecule has 9 nitrogen and oxygen atoms in total. The molecule has 2 rings (SSSR count). The maximum Gasteiger partial charge on any atom is 0.199 e. The molecule has 9 heteroatoms. The first kappa shape index (κ1) is 14.3. The quantitative estimate of drug-likeness (QED) is 0.462. The van der Waals surface area contributed by atoms with E-state index in [0.29, 0.717) is 17.1 Å². The second kappa shape index (κ2) is 6.37. The highest BCUT2D eigenvalue weighted by Crippen LogP contribution is 2.23. The van der Waals surface area contributed by atoms with Gasteiger partial charge in [-0.2, -0.15) is 5.10 Å². The number of nitrogens with zero attached hydrogens (tertiary/aromatic N) is 4. The molecule has 0 saturated carbocycles. The smallest absolute Gasteiger partial charge is 0.199 e. The average molecular weight is 290 g/mol. The lowest BCUT2D eigenvalue weighted by molar-refractivity contribution is 0.308. The number of nitrogens with two attached hydrogens (primary N) is 2. The number of benzene rings is 1. The van der Waals surface area contributed by atoms with Crippen LogP contribution < -0.4 is 20.9 Å². The third-order valence-corrected chi connectivity index (χ3v) is 2.56. The van der Waals surface area contributed by atoms with Gasteiger partial charge in [0.15, 0.2) is 17.3 Å². The van der Waals surface area contributed by atoms with Gasteiger partial charge >= 0.3 is 0 Å². The summed E-state index contributed by atoms with van der Waals surface area (Å²) in [5.41, 5.74) is 12.0. The number of ether oxygens (including phenoxy) is 2. The van der Waals surface area contributed by atoms with Crippen molar-refractivity contribution >= 4 is 17.9 Å². The van der Waals surface area contributed by atoms with E-state index >= 15 is 0 Å². The van der Waals surface area contributed by atoms with Crippen LogP contribution in [0.3, 0.4) is 0 Å². The SMILES string of the molecule is COc1ccc(/C=N\N=C(\N)c2nonc2N)c(OC)c1. The van der Waals surface area contributed by atoms with E-state index in [2.05, 4.69) is 25.1 Å². The Morgan fingerprint density at radius 3 is 2.71 bits per heavy atom. The van der Waals surface area contributed by atoms with Crippen LogP contribution >= 0.6 is 0 Å². The summed E-state index contributed by atoms with van der Waals surface area (Å²) in [4.78, 5) is 0. The number of rotatable bonds is 5. The zero-order valence-corrected chi connectivity index (χ0v) is 11.5. The van der Waals surface area contributed by atoms with Crippen LogP contribution in [0.4, 0.5) is 5.82 Å². The van der Waals surface area contributed by atoms with Gasteiger partial charge in [0.1, 0.15) is 11.5 Å². The summed E-state index contributed by atoms with van der Waals surface area (Å²) in [6.07, 6.45) is 1.48. The average Bonchev–Trinajstić information content (AvgIpc) is 2.93. The van der Waals surface area contributed by atoms with E-state index < -0.39 is 0 Å². The van der Waals surface area contributed by atoms with Crippen LogP contribution in [0.1, 0.15) is 11.3 Å². The third kappa shape index (κ3) is 3.26. The van der Waals surface area contributed by atoms with Crippen molar-refractivity contribution in [2.45, 2.75) is 0 Å². The predicted molar refractivity (Wildman–Crippen MR) is 76.6 cm³/mol. The highest BCUT2D eigenvalue weighted by Gasteiger charge is 2.10. The van der Waals surface area contributed by atoms with E-state index in [1.54, 1.807) is 32.4 Å². The Morgan fingerprint density at radius 2 is 2.10 bits per heavy atom. The van der Waals surface area contributed by atoms with Crippen molar-refractivity contribution in [1.29, 1.82) is 0 Å². The monoisotopic (exact) mass is 290 g/mol. The van der Waals surface area contributed by atoms with E-state index in [1.165, 1.54) is 6.21 Å². The van der Waals surface area contributed by atoms with Crippen molar-refractivity contribution in [1.82, 2.24) is 10.3 Å². The molecule has 0 unspecified atom stereocenters. The number of hydrogen-bond donors (Lipinski definition) is 2. The van der Waals surface area contributed by atoms with Gasteiger partial charge < -0.3 is 20.9 Å². The van der Waals surface area contributed by atoms with Gasteiger partial charge in [-0.1, -0.05) is 0 Å². The molecule has 21 heavy (non-hydrogen) atoms. The summed E-state index contributed by atoms with van der Waals surface area (Å²) in [7, 11) is 3.12. The van der Waals surface area contributed by atoms with Crippen LogP contribution in [0.15, 0.2) is 33.0 Å². The van der Waals surface area contributed by atoms with Crippen LogP contribution in [0, 0.1) is 0 Å². The molecule has 1 aromatic heterocycles. The van der Waals surface area contributed by atoms with Crippen LogP contribution in [0.2, 0.25) is 0 Å². The topological polar surface area (TPSA) is 134 Å². The van der Waals surface area contributed by atoms with Gasteiger partial charge in [-0.05, 0) is 22.4 Å². The molecular formula is C12H14N6O3. The Kier molecular flexibility index (Phi) is 4.34. The highest BCUT2D eigenvalue weighted by atomic mass is 16.6. The third-order valence-electron chi connectivity index (χ3n) is 2.56. The number of aromatic nitrogens is 2. The molecule has 110 valence electrons. The van der Waals surface area contributed by atoms with E-state index in [9.17, 15) is 0 Å². The fourth-order valence-corrected chi connectivity index (χ4v) is 1.50. The van der Waals surface area contributed by atoms with Crippen LogP contribution in [0.5, 0.6) is 11.5 Å². The Bertz CT molecular complexity index is 679. The van der Waals surface area contributed by atoms with E-state index in [-0.39, 0.29) is 17.3 Å². The lowest BCUT2D eigenvalue weighted by Gasteiger charge is -2.06. The van der Waals surface area contributed by atoms with Gasteiger partial charge in [-0.3, -0.25) is 0 Å². The second-order valence-corrected chi connectivity index (χ2v) is 3.84. The van der Waals surface area contributed by atoms with Gasteiger partial charge in [0.2, 0.25) is 0 Å². The fourth-order valence-electron chi connectivity index (χ4n) is 1.50. The first-order chi connectivity index (χ1) is 10.2. The molecule has 2 aromatic rings. The lowest BCUT2D eigenvalue weighted by Crippen LogP contribution is -2.15. The summed E-state index contributed by atoms with van der Waals surface area (Å²) < 4.78 is 14.8. The van der Waals surface area contributed by atoms with Gasteiger partial charge in [-0.15, -0.1) is 5.10 Å². The van der Waals surface area contributed by atoms with Gasteiger partial charge in [0, 0.05) is 11.6 Å². The van der Waals surface area contributed by atoms with E-state index in [0.717, 1.165) is 0 Å². The van der Waals surface area contributed by atoms with Crippen LogP contribution in [-0.2, 0) is 0 Å². The number of anilines is 1. The van der Waals surface area contributed by atoms with E-state index in [1.807, 2.05) is 0 Å². The zero-order valence-electron chi connectivity index (χ0n) is 11.5. The standard InChI is InChI=1S/C12H14N6O3/c1-19-8-4-3-7(9(5-8)20-2)6-15-16-11(13)10-12(14)18-21-17-10/h3-6H,1-2H3,(H2,13,16)(H2,14,18)/b15-6-. The summed E-state index contributed by atoms with van der Waals surface area (Å²) in [6.45, 7) is 0. The van der Waals surface area contributed by atoms with Gasteiger partial charge in [0.05, 0.1) is 20.4 Å². The Balaban J connectivity index is 2.20. The molecule has 1 aromatic carbocycles. The van der Waals surface area contributed by atoms with Crippen molar-refractivity contribution < 1.29 is 14.1 Å². The molecule has 0 aliphatic carbocycles. The largest absolute Gasteiger partial charge is 0.497 e. The van der Waals surface area contributed by atoms with Crippen molar-refractivity contribution in [3.8, 4) is 11.5 Å². The van der Waals surface area contributed by atoms with Gasteiger partial charge in [-0.25, -0.2) is 4.63 Å². The highest BCUT2D eigenvalue weighted by molar-refractivity contribution is 5.99. The van der Waals surface area contributed by atoms with Crippen LogP contribution in [-0.4, -0.2) is 36.6 Å². The minimum absolute atomic E-state index is 0.00233. The summed E-state index contributed by atoms with van der Waals surface area (Å²) >= 11 is 0. The Labute approximate surface area is 120 Å². The molecule has 4 N–H and O–H groups in total. The van der Waals surface area contributed by atoms with Crippen LogP contribution in [0.25, 0.3) is 0 Å². The minimum Gasteiger partial charge on any atom is -0.497 e. The number of hydrogen-bond acceptors (Lipinski definition) is 8. The Morgan fingerprint density at radius 1 is 1.29 bits per heavy atom. The van der Waals surface area contributed by atoms with Crippen molar-refractivity contribution in [3.05, 3.63) is 29.5 Å². The molecule has 0 aliphatic heterocycles. The predicted octanol–water partition coefficient (Wildman–Crippen LogP) is 0.408. The number of nitrogen functional groups attached to an aromatic ring is 1. The molecule has 0 spiro atoms. The molecular weight excluding hydrogens is 276 g/mol. The number of amidine groups is 1.